The number of carbonyl (C=O) groups is 1. The summed E-state index contributed by atoms with van der Waals surface area (Å²) in [6.07, 6.45) is 0. The number of nitrogens with one attached hydrogen (secondary N) is 1. The Labute approximate surface area is 180 Å². The van der Waals surface area contributed by atoms with Gasteiger partial charge in [0.05, 0.1) is 52.5 Å². The van der Waals surface area contributed by atoms with E-state index in [2.05, 4.69) is 15.5 Å². The molecule has 0 spiro atoms. The van der Waals surface area contributed by atoms with E-state index in [0.29, 0.717) is 23.1 Å². The Balaban J connectivity index is 1.73. The molecule has 8 heteroatoms. The lowest BCUT2D eigenvalue weighted by atomic mass is 10.1. The van der Waals surface area contributed by atoms with Crippen LogP contribution in [0.2, 0.25) is 10.0 Å². The number of carbonyl (C=O) groups excluding carboxylic acids is 1. The number of amides is 1. The summed E-state index contributed by atoms with van der Waals surface area (Å²) < 4.78 is 3.66. The fraction of sp³-hybridized carbons (Fsp3) is 0.381. The third-order valence-corrected chi connectivity index (χ3v) is 5.82. The number of hydrogen-bond acceptors (Lipinski definition) is 3. The molecule has 1 unspecified atom stereocenters. The molecule has 0 saturated carbocycles. The zero-order chi connectivity index (χ0) is 21.3. The highest BCUT2D eigenvalue weighted by molar-refractivity contribution is 6.31. The Hall–Kier alpha value is -2.31. The molecule has 0 radical (unpaired) electrons. The summed E-state index contributed by atoms with van der Waals surface area (Å²) in [7, 11) is 0. The number of benzene rings is 1. The molecule has 0 aliphatic rings. The van der Waals surface area contributed by atoms with E-state index in [1.807, 2.05) is 63.6 Å². The van der Waals surface area contributed by atoms with Gasteiger partial charge in [0.15, 0.2) is 0 Å². The zero-order valence-corrected chi connectivity index (χ0v) is 18.8. The molecule has 6 nitrogen and oxygen atoms in total. The van der Waals surface area contributed by atoms with Crippen LogP contribution in [0.5, 0.6) is 0 Å². The maximum Gasteiger partial charge on any atom is 0.229 e. The van der Waals surface area contributed by atoms with E-state index >= 15 is 0 Å². The summed E-state index contributed by atoms with van der Waals surface area (Å²) >= 11 is 12.3. The quantitative estimate of drug-likeness (QED) is 0.598. The minimum atomic E-state index is -0.279. The number of hydrogen-bond donors (Lipinski definition) is 1. The molecule has 0 bridgehead atoms. The summed E-state index contributed by atoms with van der Waals surface area (Å²) in [5.41, 5.74) is 5.11. The van der Waals surface area contributed by atoms with Crippen molar-refractivity contribution in [2.75, 3.05) is 5.32 Å². The Bertz CT molecular complexity index is 1050. The number of nitrogens with zero attached hydrogens (tertiary/aromatic N) is 4. The van der Waals surface area contributed by atoms with Crippen LogP contribution in [-0.4, -0.2) is 25.5 Å². The second-order valence-electron chi connectivity index (χ2n) is 7.39. The van der Waals surface area contributed by atoms with E-state index in [1.54, 1.807) is 4.68 Å². The highest BCUT2D eigenvalue weighted by Crippen LogP contribution is 2.23. The van der Waals surface area contributed by atoms with Crippen molar-refractivity contribution < 1.29 is 4.79 Å². The first-order valence-electron chi connectivity index (χ1n) is 9.46. The van der Waals surface area contributed by atoms with Crippen molar-refractivity contribution in [3.8, 4) is 0 Å². The van der Waals surface area contributed by atoms with Gasteiger partial charge in [-0.2, -0.15) is 10.2 Å². The number of halogens is 2. The fourth-order valence-electron chi connectivity index (χ4n) is 3.28. The summed E-state index contributed by atoms with van der Waals surface area (Å²) in [5.74, 6) is -0.360. The normalized spacial score (nSPS) is 12.2. The van der Waals surface area contributed by atoms with Gasteiger partial charge >= 0.3 is 0 Å². The molecule has 1 N–H and O–H groups in total. The largest absolute Gasteiger partial charge is 0.323 e. The smallest absolute Gasteiger partial charge is 0.229 e. The van der Waals surface area contributed by atoms with Crippen LogP contribution in [-0.2, 0) is 17.9 Å². The summed E-state index contributed by atoms with van der Waals surface area (Å²) in [5, 5.41) is 13.4. The van der Waals surface area contributed by atoms with Crippen LogP contribution < -0.4 is 5.32 Å². The fourth-order valence-corrected chi connectivity index (χ4v) is 3.63. The van der Waals surface area contributed by atoms with Gasteiger partial charge in [-0.1, -0.05) is 42.3 Å². The molecular weight excluding hydrogens is 409 g/mol. The zero-order valence-electron chi connectivity index (χ0n) is 17.3. The number of anilines is 1. The van der Waals surface area contributed by atoms with Gasteiger partial charge in [0.1, 0.15) is 0 Å². The monoisotopic (exact) mass is 433 g/mol. The maximum atomic E-state index is 12.8. The van der Waals surface area contributed by atoms with Gasteiger partial charge in [-0.3, -0.25) is 14.2 Å². The van der Waals surface area contributed by atoms with Crippen molar-refractivity contribution in [3.63, 3.8) is 0 Å². The van der Waals surface area contributed by atoms with Gasteiger partial charge in [-0.15, -0.1) is 0 Å². The van der Waals surface area contributed by atoms with Crippen molar-refractivity contribution in [1.29, 1.82) is 0 Å². The lowest BCUT2D eigenvalue weighted by Gasteiger charge is -2.14. The molecule has 0 aliphatic heterocycles. The molecule has 0 saturated heterocycles. The SMILES string of the molecule is Cc1nn(CC(C)C(=O)Nc2c(C)nn(Cc3cccc(Cl)c3)c2C)c(C)c1Cl. The van der Waals surface area contributed by atoms with E-state index in [1.165, 1.54) is 0 Å². The van der Waals surface area contributed by atoms with Crippen molar-refractivity contribution in [1.82, 2.24) is 19.6 Å². The summed E-state index contributed by atoms with van der Waals surface area (Å²) in [6.45, 7) is 10.5. The van der Waals surface area contributed by atoms with Crippen molar-refractivity contribution in [2.24, 2.45) is 5.92 Å². The third kappa shape index (κ3) is 4.65. The molecule has 2 aromatic heterocycles. The molecular formula is C21H25Cl2N5O. The topological polar surface area (TPSA) is 64.7 Å². The summed E-state index contributed by atoms with van der Waals surface area (Å²) in [4.78, 5) is 12.8. The van der Waals surface area contributed by atoms with E-state index in [-0.39, 0.29) is 11.8 Å². The van der Waals surface area contributed by atoms with E-state index in [9.17, 15) is 4.79 Å². The average molecular weight is 434 g/mol. The molecule has 0 fully saturated rings. The van der Waals surface area contributed by atoms with Crippen LogP contribution in [0.25, 0.3) is 0 Å². The van der Waals surface area contributed by atoms with E-state index in [4.69, 9.17) is 23.2 Å². The van der Waals surface area contributed by atoms with Crippen molar-refractivity contribution in [2.45, 2.75) is 47.7 Å². The van der Waals surface area contributed by atoms with Gasteiger partial charge in [-0.05, 0) is 45.4 Å². The van der Waals surface area contributed by atoms with Crippen molar-refractivity contribution >= 4 is 34.8 Å². The van der Waals surface area contributed by atoms with E-state index in [0.717, 1.165) is 34.0 Å². The Kier molecular flexibility index (Phi) is 6.34. The molecule has 3 rings (SSSR count). The standard InChI is InChI=1S/C21H25Cl2N5O/c1-12(10-27-15(4)19(23)13(2)25-27)21(29)24-20-14(3)26-28(16(20)5)11-17-7-6-8-18(22)9-17/h6-9,12H,10-11H2,1-5H3,(H,24,29). The van der Waals surface area contributed by atoms with Gasteiger partial charge in [0.25, 0.3) is 0 Å². The number of aryl methyl sites for hydroxylation is 2. The number of aromatic nitrogens is 4. The molecule has 154 valence electrons. The second-order valence-corrected chi connectivity index (χ2v) is 8.21. The Morgan fingerprint density at radius 3 is 2.38 bits per heavy atom. The van der Waals surface area contributed by atoms with Crippen LogP contribution in [0.3, 0.4) is 0 Å². The first-order chi connectivity index (χ1) is 13.7. The molecule has 0 aliphatic carbocycles. The van der Waals surface area contributed by atoms with Crippen LogP contribution >= 0.6 is 23.2 Å². The van der Waals surface area contributed by atoms with E-state index < -0.39 is 0 Å². The van der Waals surface area contributed by atoms with Gasteiger partial charge in [0.2, 0.25) is 5.91 Å². The van der Waals surface area contributed by atoms with Crippen molar-refractivity contribution in [3.05, 3.63) is 62.6 Å². The molecule has 1 aromatic carbocycles. The number of rotatable bonds is 6. The van der Waals surface area contributed by atoms with Gasteiger partial charge < -0.3 is 5.32 Å². The lowest BCUT2D eigenvalue weighted by Crippen LogP contribution is -2.25. The first-order valence-corrected chi connectivity index (χ1v) is 10.2. The summed E-state index contributed by atoms with van der Waals surface area (Å²) in [6, 6.07) is 7.67. The third-order valence-electron chi connectivity index (χ3n) is 5.04. The van der Waals surface area contributed by atoms with Crippen LogP contribution in [0.15, 0.2) is 24.3 Å². The minimum Gasteiger partial charge on any atom is -0.323 e. The van der Waals surface area contributed by atoms with Crippen LogP contribution in [0.1, 0.15) is 35.3 Å². The molecule has 1 atom stereocenters. The Morgan fingerprint density at radius 1 is 1.07 bits per heavy atom. The molecule has 29 heavy (non-hydrogen) atoms. The van der Waals surface area contributed by atoms with Gasteiger partial charge in [-0.25, -0.2) is 0 Å². The lowest BCUT2D eigenvalue weighted by molar-refractivity contribution is -0.119. The minimum absolute atomic E-state index is 0.0813. The molecule has 1 amide bonds. The average Bonchev–Trinajstić information content (AvgIpc) is 3.06. The first kappa shape index (κ1) is 21.4. The highest BCUT2D eigenvalue weighted by atomic mass is 35.5. The van der Waals surface area contributed by atoms with Crippen LogP contribution in [0, 0.1) is 33.6 Å². The molecule has 3 aromatic rings. The molecule has 2 heterocycles. The predicted octanol–water partition coefficient (Wildman–Crippen LogP) is 4.94. The Morgan fingerprint density at radius 2 is 1.76 bits per heavy atom. The highest BCUT2D eigenvalue weighted by Gasteiger charge is 2.20. The predicted molar refractivity (Wildman–Crippen MR) is 117 cm³/mol. The maximum absolute atomic E-state index is 12.8. The second kappa shape index (κ2) is 8.59. The van der Waals surface area contributed by atoms with Crippen LogP contribution in [0.4, 0.5) is 5.69 Å². The van der Waals surface area contributed by atoms with Gasteiger partial charge in [0, 0.05) is 5.02 Å².